The van der Waals surface area contributed by atoms with Crippen molar-refractivity contribution in [1.29, 1.82) is 0 Å². The number of carbonyl (C=O) groups excluding carboxylic acids is 2. The van der Waals surface area contributed by atoms with E-state index in [9.17, 15) is 9.59 Å². The minimum absolute atomic E-state index is 0.207. The Morgan fingerprint density at radius 3 is 2.23 bits per heavy atom. The molecule has 0 unspecified atom stereocenters. The minimum Gasteiger partial charge on any atom is -0.344 e. The number of hydrogen-bond donors (Lipinski definition) is 2. The molecule has 114 valence electrons. The molecular formula is C17H17ClN2O2. The first-order valence-electron chi connectivity index (χ1n) is 6.88. The molecule has 5 heteroatoms. The van der Waals surface area contributed by atoms with Gasteiger partial charge in [0.2, 0.25) is 0 Å². The summed E-state index contributed by atoms with van der Waals surface area (Å²) >= 11 is 6.01. The highest BCUT2D eigenvalue weighted by molar-refractivity contribution is 6.39. The summed E-state index contributed by atoms with van der Waals surface area (Å²) in [4.78, 5) is 23.9. The van der Waals surface area contributed by atoms with Crippen LogP contribution in [0.5, 0.6) is 0 Å². The maximum atomic E-state index is 12.0. The third-order valence-corrected chi connectivity index (χ3v) is 3.69. The molecule has 0 aliphatic heterocycles. The Labute approximate surface area is 134 Å². The standard InChI is InChI=1S/C17H17ClN2O2/c1-11-6-5-7-12(2)15(11)20-17(22)16(21)19-10-13-8-3-4-9-14(13)18/h3-9H,10H2,1-2H3,(H,19,21)(H,20,22). The van der Waals surface area contributed by atoms with E-state index in [1.165, 1.54) is 0 Å². The molecule has 0 spiro atoms. The highest BCUT2D eigenvalue weighted by atomic mass is 35.5. The summed E-state index contributed by atoms with van der Waals surface area (Å²) in [6.45, 7) is 3.97. The third kappa shape index (κ3) is 3.86. The lowest BCUT2D eigenvalue weighted by atomic mass is 10.1. The van der Waals surface area contributed by atoms with Crippen molar-refractivity contribution in [1.82, 2.24) is 5.32 Å². The zero-order chi connectivity index (χ0) is 16.1. The van der Waals surface area contributed by atoms with Gasteiger partial charge >= 0.3 is 11.8 Å². The van der Waals surface area contributed by atoms with Gasteiger partial charge in [-0.15, -0.1) is 0 Å². The molecule has 2 rings (SSSR count). The Kier molecular flexibility index (Phi) is 5.17. The zero-order valence-corrected chi connectivity index (χ0v) is 13.2. The van der Waals surface area contributed by atoms with Crippen LogP contribution in [0.3, 0.4) is 0 Å². The molecule has 0 radical (unpaired) electrons. The highest BCUT2D eigenvalue weighted by Gasteiger charge is 2.15. The number of nitrogens with one attached hydrogen (secondary N) is 2. The lowest BCUT2D eigenvalue weighted by Crippen LogP contribution is -2.35. The normalized spacial score (nSPS) is 10.1. The summed E-state index contributed by atoms with van der Waals surface area (Å²) in [6, 6.07) is 12.8. The molecule has 0 fully saturated rings. The number of rotatable bonds is 3. The van der Waals surface area contributed by atoms with Gasteiger partial charge in [0.25, 0.3) is 0 Å². The fraction of sp³-hybridized carbons (Fsp3) is 0.176. The van der Waals surface area contributed by atoms with Crippen LogP contribution in [0.25, 0.3) is 0 Å². The lowest BCUT2D eigenvalue weighted by Gasteiger charge is -2.11. The summed E-state index contributed by atoms with van der Waals surface area (Å²) in [5.41, 5.74) is 3.25. The molecule has 0 heterocycles. The van der Waals surface area contributed by atoms with Gasteiger partial charge in [-0.05, 0) is 36.6 Å². The van der Waals surface area contributed by atoms with Crippen molar-refractivity contribution >= 4 is 29.1 Å². The van der Waals surface area contributed by atoms with Crippen LogP contribution >= 0.6 is 11.6 Å². The second kappa shape index (κ2) is 7.09. The van der Waals surface area contributed by atoms with Crippen LogP contribution in [-0.4, -0.2) is 11.8 Å². The van der Waals surface area contributed by atoms with Gasteiger partial charge in [0, 0.05) is 17.3 Å². The van der Waals surface area contributed by atoms with Gasteiger partial charge in [-0.2, -0.15) is 0 Å². The molecule has 22 heavy (non-hydrogen) atoms. The Bertz CT molecular complexity index is 693. The summed E-state index contributed by atoms with van der Waals surface area (Å²) in [5, 5.41) is 5.76. The van der Waals surface area contributed by atoms with E-state index in [0.717, 1.165) is 16.7 Å². The van der Waals surface area contributed by atoms with E-state index in [4.69, 9.17) is 11.6 Å². The van der Waals surface area contributed by atoms with Crippen molar-refractivity contribution in [2.75, 3.05) is 5.32 Å². The van der Waals surface area contributed by atoms with Crippen molar-refractivity contribution in [3.05, 3.63) is 64.2 Å². The first kappa shape index (κ1) is 16.0. The Balaban J connectivity index is 1.98. The number of benzene rings is 2. The second-order valence-corrected chi connectivity index (χ2v) is 5.40. The molecular weight excluding hydrogens is 300 g/mol. The van der Waals surface area contributed by atoms with E-state index in [1.54, 1.807) is 18.2 Å². The van der Waals surface area contributed by atoms with Crippen molar-refractivity contribution < 1.29 is 9.59 Å². The maximum Gasteiger partial charge on any atom is 0.313 e. The fourth-order valence-electron chi connectivity index (χ4n) is 2.08. The highest BCUT2D eigenvalue weighted by Crippen LogP contribution is 2.19. The molecule has 2 aromatic rings. The number of anilines is 1. The van der Waals surface area contributed by atoms with Gasteiger partial charge < -0.3 is 10.6 Å². The van der Waals surface area contributed by atoms with Gasteiger partial charge in [-0.25, -0.2) is 0 Å². The summed E-state index contributed by atoms with van der Waals surface area (Å²) < 4.78 is 0. The molecule has 0 aliphatic rings. The summed E-state index contributed by atoms with van der Waals surface area (Å²) in [6.07, 6.45) is 0. The van der Waals surface area contributed by atoms with Gasteiger partial charge in [0.05, 0.1) is 0 Å². The van der Waals surface area contributed by atoms with E-state index >= 15 is 0 Å². The molecule has 0 aromatic heterocycles. The summed E-state index contributed by atoms with van der Waals surface area (Å²) in [7, 11) is 0. The first-order chi connectivity index (χ1) is 10.5. The van der Waals surface area contributed by atoms with Gasteiger partial charge in [-0.1, -0.05) is 48.0 Å². The number of carbonyl (C=O) groups is 2. The van der Waals surface area contributed by atoms with Gasteiger partial charge in [0.15, 0.2) is 0 Å². The molecule has 0 atom stereocenters. The van der Waals surface area contributed by atoms with Crippen molar-refractivity contribution in [2.24, 2.45) is 0 Å². The van der Waals surface area contributed by atoms with Crippen LogP contribution < -0.4 is 10.6 Å². The molecule has 0 saturated heterocycles. The Morgan fingerprint density at radius 2 is 1.59 bits per heavy atom. The molecule has 0 saturated carbocycles. The van der Waals surface area contributed by atoms with Crippen LogP contribution in [0.4, 0.5) is 5.69 Å². The van der Waals surface area contributed by atoms with Crippen molar-refractivity contribution in [2.45, 2.75) is 20.4 Å². The van der Waals surface area contributed by atoms with Gasteiger partial charge in [-0.3, -0.25) is 9.59 Å². The van der Waals surface area contributed by atoms with Gasteiger partial charge in [0.1, 0.15) is 0 Å². The van der Waals surface area contributed by atoms with E-state index in [0.29, 0.717) is 10.7 Å². The van der Waals surface area contributed by atoms with Crippen molar-refractivity contribution in [3.8, 4) is 0 Å². The van der Waals surface area contributed by atoms with E-state index in [2.05, 4.69) is 10.6 Å². The number of amides is 2. The monoisotopic (exact) mass is 316 g/mol. The molecule has 0 aliphatic carbocycles. The van der Waals surface area contributed by atoms with Crippen LogP contribution in [0, 0.1) is 13.8 Å². The molecule has 2 amide bonds. The smallest absolute Gasteiger partial charge is 0.313 e. The van der Waals surface area contributed by atoms with Crippen LogP contribution in [0.2, 0.25) is 5.02 Å². The SMILES string of the molecule is Cc1cccc(C)c1NC(=O)C(=O)NCc1ccccc1Cl. The first-order valence-corrected chi connectivity index (χ1v) is 7.25. The van der Waals surface area contributed by atoms with E-state index in [-0.39, 0.29) is 6.54 Å². The van der Waals surface area contributed by atoms with Crippen LogP contribution in [-0.2, 0) is 16.1 Å². The third-order valence-electron chi connectivity index (χ3n) is 3.32. The topological polar surface area (TPSA) is 58.2 Å². The van der Waals surface area contributed by atoms with Crippen LogP contribution in [0.15, 0.2) is 42.5 Å². The Morgan fingerprint density at radius 1 is 0.955 bits per heavy atom. The largest absolute Gasteiger partial charge is 0.344 e. The maximum absolute atomic E-state index is 12.0. The molecule has 4 nitrogen and oxygen atoms in total. The van der Waals surface area contributed by atoms with E-state index in [1.807, 2.05) is 38.1 Å². The predicted octanol–water partition coefficient (Wildman–Crippen LogP) is 3.21. The second-order valence-electron chi connectivity index (χ2n) is 5.00. The average molecular weight is 317 g/mol. The quantitative estimate of drug-likeness (QED) is 0.854. The van der Waals surface area contributed by atoms with Crippen molar-refractivity contribution in [3.63, 3.8) is 0 Å². The number of halogens is 1. The zero-order valence-electron chi connectivity index (χ0n) is 12.4. The molecule has 2 N–H and O–H groups in total. The molecule has 2 aromatic carbocycles. The number of hydrogen-bond acceptors (Lipinski definition) is 2. The number of aryl methyl sites for hydroxylation is 2. The molecule has 0 bridgehead atoms. The summed E-state index contributed by atoms with van der Waals surface area (Å²) in [5.74, 6) is -1.38. The lowest BCUT2D eigenvalue weighted by molar-refractivity contribution is -0.136. The Hall–Kier alpha value is -2.33. The fourth-order valence-corrected chi connectivity index (χ4v) is 2.28. The number of para-hydroxylation sites is 1. The van der Waals surface area contributed by atoms with Crippen LogP contribution in [0.1, 0.15) is 16.7 Å². The average Bonchev–Trinajstić information content (AvgIpc) is 2.49. The van der Waals surface area contributed by atoms with E-state index < -0.39 is 11.8 Å². The minimum atomic E-state index is -0.692. The predicted molar refractivity (Wildman–Crippen MR) is 87.8 cm³/mol.